The van der Waals surface area contributed by atoms with Crippen molar-refractivity contribution >= 4 is 89.3 Å². The topological polar surface area (TPSA) is 31.5 Å². The van der Waals surface area contributed by atoms with Crippen LogP contribution in [0.15, 0.2) is 0 Å². The minimum Gasteiger partial charge on any atom is -1.00 e. The van der Waals surface area contributed by atoms with Gasteiger partial charge in [-0.1, -0.05) is 0 Å². The molecule has 0 aromatic rings. The van der Waals surface area contributed by atoms with Gasteiger partial charge in [-0.25, -0.2) is 0 Å². The first kappa shape index (κ1) is 29.0. The number of hydrogen-bond donors (Lipinski definition) is 0. The molecule has 4 heteroatoms. The minimum atomic E-state index is 0. The quantitative estimate of drug-likeness (QED) is 0.405. The molecule has 0 aromatic carbocycles. The smallest absolute Gasteiger partial charge is 1.00 e. The first-order valence-corrected chi connectivity index (χ1v) is 0. The molecular formula is H9AlBaMgO. The maximum atomic E-state index is 0. The van der Waals surface area contributed by atoms with Crippen molar-refractivity contribution in [2.24, 2.45) is 0 Å². The molecule has 0 aliphatic rings. The van der Waals surface area contributed by atoms with Crippen LogP contribution in [0.5, 0.6) is 0 Å². The predicted molar refractivity (Wildman–Crippen MR) is 29.5 cm³/mol. The monoisotopic (exact) mass is 214 g/mol. The van der Waals surface area contributed by atoms with Crippen molar-refractivity contribution in [3.05, 3.63) is 0 Å². The molecule has 0 bridgehead atoms. The third-order valence-corrected chi connectivity index (χ3v) is 0. The van der Waals surface area contributed by atoms with Crippen molar-refractivity contribution in [2.75, 3.05) is 0 Å². The zero-order valence-corrected chi connectivity index (χ0v) is 7.77. The fraction of sp³-hybridized carbons (Fsp3) is 0. The van der Waals surface area contributed by atoms with Crippen LogP contribution in [-0.4, -0.2) is 94.8 Å². The van der Waals surface area contributed by atoms with E-state index < -0.39 is 0 Å². The van der Waals surface area contributed by atoms with Gasteiger partial charge in [-0.05, 0) is 0 Å². The van der Waals surface area contributed by atoms with Crippen molar-refractivity contribution in [3.63, 3.8) is 0 Å². The molecule has 2 N–H and O–H groups in total. The van der Waals surface area contributed by atoms with Gasteiger partial charge < -0.3 is 11.2 Å². The molecule has 0 saturated carbocycles. The van der Waals surface area contributed by atoms with Crippen molar-refractivity contribution in [3.8, 4) is 0 Å². The van der Waals surface area contributed by atoms with E-state index in [2.05, 4.69) is 0 Å². The van der Waals surface area contributed by atoms with Crippen molar-refractivity contribution in [2.45, 2.75) is 0 Å². The summed E-state index contributed by atoms with van der Waals surface area (Å²) < 4.78 is 0. The Bertz CT molecular complexity index is 16.0. The van der Waals surface area contributed by atoms with Crippen molar-refractivity contribution in [1.82, 2.24) is 0 Å². The molecule has 0 heterocycles. The normalized spacial score (nSPS) is 0. The van der Waals surface area contributed by atoms with Crippen LogP contribution in [0.1, 0.15) is 5.71 Å². The van der Waals surface area contributed by atoms with Gasteiger partial charge in [0.15, 0.2) is 17.4 Å². The molecule has 0 aliphatic heterocycles. The zero-order valence-electron chi connectivity index (χ0n) is 5.91. The van der Waals surface area contributed by atoms with E-state index in [0.29, 0.717) is 0 Å². The average Bonchev–Trinajstić information content (AvgIpc) is 0. The van der Waals surface area contributed by atoms with Crippen LogP contribution in [0, 0.1) is 0 Å². The number of rotatable bonds is 0. The van der Waals surface area contributed by atoms with Gasteiger partial charge in [0.1, 0.15) is 0 Å². The largest absolute Gasteiger partial charge is 2.00 e. The molecule has 1 nitrogen and oxygen atoms in total. The van der Waals surface area contributed by atoms with E-state index in [1.165, 1.54) is 0 Å². The fourth-order valence-electron chi connectivity index (χ4n) is 0. The Morgan fingerprint density at radius 2 is 1.25 bits per heavy atom. The molecule has 22 valence electrons. The van der Waals surface area contributed by atoms with Gasteiger partial charge in [0.05, 0.1) is 0 Å². The van der Waals surface area contributed by atoms with Gasteiger partial charge in [0.2, 0.25) is 0 Å². The van der Waals surface area contributed by atoms with Crippen LogP contribution in [-0.2, 0) is 0 Å². The summed E-state index contributed by atoms with van der Waals surface area (Å²) in [6, 6.07) is 0. The van der Waals surface area contributed by atoms with E-state index in [-0.39, 0.29) is 100 Å². The molecular weight excluding hydrogens is 205 g/mol. The summed E-state index contributed by atoms with van der Waals surface area (Å²) in [5, 5.41) is 0. The summed E-state index contributed by atoms with van der Waals surface area (Å²) in [5.74, 6) is 0. The first-order valence-electron chi connectivity index (χ1n) is 0. The first-order chi connectivity index (χ1) is 0. The Hall–Kier alpha value is 2.83. The van der Waals surface area contributed by atoms with E-state index in [0.717, 1.165) is 0 Å². The molecule has 4 heavy (non-hydrogen) atoms. The molecule has 0 fully saturated rings. The molecule has 0 unspecified atom stereocenters. The molecule has 0 atom stereocenters. The Labute approximate surface area is 98.5 Å². The maximum Gasteiger partial charge on any atom is 2.00 e. The molecule has 0 amide bonds. The Kier molecular flexibility index (Phi) is 123. The summed E-state index contributed by atoms with van der Waals surface area (Å²) in [5.41, 5.74) is 0. The van der Waals surface area contributed by atoms with E-state index in [9.17, 15) is 0 Å². The zero-order chi connectivity index (χ0) is 0. The molecule has 0 aliphatic carbocycles. The minimum absolute atomic E-state index is 0. The average molecular weight is 214 g/mol. The van der Waals surface area contributed by atoms with Crippen LogP contribution in [0.4, 0.5) is 0 Å². The summed E-state index contributed by atoms with van der Waals surface area (Å²) in [4.78, 5) is 0. The van der Waals surface area contributed by atoms with Crippen LogP contribution in [0.2, 0.25) is 0 Å². The summed E-state index contributed by atoms with van der Waals surface area (Å²) >= 11 is 0. The summed E-state index contributed by atoms with van der Waals surface area (Å²) in [7, 11) is 0. The maximum absolute atomic E-state index is 0. The van der Waals surface area contributed by atoms with Gasteiger partial charge in [-0.15, -0.1) is 0 Å². The molecule has 0 rings (SSSR count). The Balaban J connectivity index is 0. The van der Waals surface area contributed by atoms with Crippen LogP contribution in [0.25, 0.3) is 0 Å². The van der Waals surface area contributed by atoms with E-state index in [4.69, 9.17) is 0 Å². The molecule has 0 saturated heterocycles. The van der Waals surface area contributed by atoms with Gasteiger partial charge in [0, 0.05) is 0 Å². The van der Waals surface area contributed by atoms with Crippen LogP contribution < -0.4 is 0 Å². The molecule has 0 aromatic heterocycles. The summed E-state index contributed by atoms with van der Waals surface area (Å²) in [6.45, 7) is 0. The molecule has 0 spiro atoms. The van der Waals surface area contributed by atoms with Gasteiger partial charge in [-0.3, -0.25) is 0 Å². The predicted octanol–water partition coefficient (Wildman–Crippen LogP) is -2.32. The van der Waals surface area contributed by atoms with Gasteiger partial charge in [-0.2, -0.15) is 0 Å². The third-order valence-electron chi connectivity index (χ3n) is 0. The Morgan fingerprint density at radius 3 is 1.25 bits per heavy atom. The van der Waals surface area contributed by atoms with Crippen molar-refractivity contribution < 1.29 is 11.2 Å². The second-order valence-electron chi connectivity index (χ2n) is 0. The second-order valence-corrected chi connectivity index (χ2v) is 0. The second kappa shape index (κ2) is 17.0. The van der Waals surface area contributed by atoms with Crippen LogP contribution >= 0.6 is 0 Å². The number of hydrogen-bond acceptors (Lipinski definition) is 0. The standard InChI is InChI=1S/Al.Ba.Mg.H2O.7H/h;;;1H2;;;;;;;/q;2*+2;;;;;4*-1. The van der Waals surface area contributed by atoms with E-state index in [1.807, 2.05) is 0 Å². The summed E-state index contributed by atoms with van der Waals surface area (Å²) in [6.07, 6.45) is 0. The SMILES string of the molecule is O.[AlH3].[Ba+2].[H-].[H-].[H-].[H-].[Mg+2]. The van der Waals surface area contributed by atoms with Crippen LogP contribution in [0.3, 0.4) is 0 Å². The van der Waals surface area contributed by atoms with Gasteiger partial charge >= 0.3 is 71.9 Å². The van der Waals surface area contributed by atoms with Crippen molar-refractivity contribution in [1.29, 1.82) is 0 Å². The van der Waals surface area contributed by atoms with Gasteiger partial charge in [0.25, 0.3) is 0 Å². The molecule has 0 radical (unpaired) electrons. The third kappa shape index (κ3) is 8.85. The fourth-order valence-corrected chi connectivity index (χ4v) is 0. The van der Waals surface area contributed by atoms with E-state index in [1.54, 1.807) is 0 Å². The Morgan fingerprint density at radius 1 is 1.25 bits per heavy atom. The van der Waals surface area contributed by atoms with E-state index >= 15 is 0 Å².